The molecule has 2 atom stereocenters. The van der Waals surface area contributed by atoms with Crippen molar-refractivity contribution in [3.63, 3.8) is 0 Å². The Morgan fingerprint density at radius 1 is 0.875 bits per heavy atom. The third-order valence-electron chi connectivity index (χ3n) is 6.31. The van der Waals surface area contributed by atoms with Crippen molar-refractivity contribution >= 4 is 73.9 Å². The normalized spacial score (nSPS) is 12.9. The molecule has 0 aliphatic heterocycles. The van der Waals surface area contributed by atoms with Gasteiger partial charge in [0.25, 0.3) is 10.0 Å². The van der Waals surface area contributed by atoms with Crippen LogP contribution in [0.5, 0.6) is 0 Å². The van der Waals surface area contributed by atoms with Gasteiger partial charge in [-0.15, -0.1) is 0 Å². The molecule has 214 valence electrons. The van der Waals surface area contributed by atoms with E-state index in [-0.39, 0.29) is 33.2 Å². The van der Waals surface area contributed by atoms with Crippen LogP contribution in [0.4, 0.5) is 5.69 Å². The van der Waals surface area contributed by atoms with E-state index in [0.29, 0.717) is 22.0 Å². The van der Waals surface area contributed by atoms with Gasteiger partial charge in [-0.05, 0) is 68.3 Å². The third-order valence-corrected chi connectivity index (χ3v) is 9.23. The van der Waals surface area contributed by atoms with Crippen LogP contribution in [0, 0.1) is 0 Å². The minimum atomic E-state index is -4.28. The summed E-state index contributed by atoms with van der Waals surface area (Å²) in [6, 6.07) is 15.7. The molecule has 0 aliphatic carbocycles. The Morgan fingerprint density at radius 3 is 2.12 bits per heavy atom. The highest BCUT2D eigenvalue weighted by molar-refractivity contribution is 7.92. The summed E-state index contributed by atoms with van der Waals surface area (Å²) >= 11 is 25.1. The van der Waals surface area contributed by atoms with Crippen LogP contribution in [-0.2, 0) is 26.2 Å². The molecule has 3 aromatic rings. The van der Waals surface area contributed by atoms with Gasteiger partial charge in [0, 0.05) is 27.7 Å². The van der Waals surface area contributed by atoms with Crippen molar-refractivity contribution in [2.24, 2.45) is 0 Å². The number of nitrogens with one attached hydrogen (secondary N) is 1. The Kier molecular flexibility index (Phi) is 11.1. The van der Waals surface area contributed by atoms with Gasteiger partial charge in [0.15, 0.2) is 0 Å². The Morgan fingerprint density at radius 2 is 1.50 bits per heavy atom. The van der Waals surface area contributed by atoms with Crippen molar-refractivity contribution in [2.45, 2.75) is 50.7 Å². The number of sulfonamides is 1. The van der Waals surface area contributed by atoms with Gasteiger partial charge in [-0.25, -0.2) is 8.42 Å². The number of carbonyl (C=O) groups excluding carboxylic acids is 2. The molecule has 40 heavy (non-hydrogen) atoms. The number of hydrogen-bond acceptors (Lipinski definition) is 4. The third kappa shape index (κ3) is 7.83. The van der Waals surface area contributed by atoms with Crippen molar-refractivity contribution in [2.75, 3.05) is 10.8 Å². The van der Waals surface area contributed by atoms with Crippen LogP contribution in [0.25, 0.3) is 0 Å². The minimum Gasteiger partial charge on any atom is -0.352 e. The molecule has 0 bridgehead atoms. The van der Waals surface area contributed by atoms with E-state index in [1.165, 1.54) is 41.3 Å². The lowest BCUT2D eigenvalue weighted by Gasteiger charge is -2.33. The van der Waals surface area contributed by atoms with Crippen molar-refractivity contribution in [3.8, 4) is 0 Å². The highest BCUT2D eigenvalue weighted by Crippen LogP contribution is 2.33. The molecule has 0 aromatic heterocycles. The number of benzene rings is 3. The standard InChI is InChI=1S/C28H29Cl4N3O4S/c1-4-18(2)33-28(37)19(3)34(16-20-10-11-21(29)14-25(20)32)27(36)17-35(26-15-22(30)12-13-24(26)31)40(38,39)23-8-6-5-7-9-23/h5-15,18-19H,4,16-17H2,1-3H3,(H,33,37)/t18-,19+/m1/s1. The van der Waals surface area contributed by atoms with Crippen molar-refractivity contribution < 1.29 is 18.0 Å². The average Bonchev–Trinajstić information content (AvgIpc) is 2.92. The van der Waals surface area contributed by atoms with E-state index in [1.807, 2.05) is 13.8 Å². The molecule has 0 aliphatic rings. The molecular formula is C28H29Cl4N3O4S. The fourth-order valence-corrected chi connectivity index (χ4v) is 6.14. The molecule has 0 fully saturated rings. The molecule has 0 spiro atoms. The maximum atomic E-state index is 14.0. The second-order valence-corrected chi connectivity index (χ2v) is 12.7. The van der Waals surface area contributed by atoms with Gasteiger partial charge in [-0.1, -0.05) is 77.6 Å². The average molecular weight is 645 g/mol. The van der Waals surface area contributed by atoms with Gasteiger partial charge in [-0.3, -0.25) is 13.9 Å². The topological polar surface area (TPSA) is 86.8 Å². The lowest BCUT2D eigenvalue weighted by molar-refractivity contribution is -0.139. The second kappa shape index (κ2) is 13.9. The van der Waals surface area contributed by atoms with Crippen molar-refractivity contribution in [1.29, 1.82) is 0 Å². The largest absolute Gasteiger partial charge is 0.352 e. The first-order valence-electron chi connectivity index (χ1n) is 12.4. The van der Waals surface area contributed by atoms with E-state index >= 15 is 0 Å². The predicted molar refractivity (Wildman–Crippen MR) is 162 cm³/mol. The summed E-state index contributed by atoms with van der Waals surface area (Å²) in [7, 11) is -4.28. The molecule has 0 saturated carbocycles. The SMILES string of the molecule is CC[C@@H](C)NC(=O)[C@H](C)N(Cc1ccc(Cl)cc1Cl)C(=O)CN(c1cc(Cl)ccc1Cl)S(=O)(=O)c1ccccc1. The molecule has 2 amide bonds. The summed E-state index contributed by atoms with van der Waals surface area (Å²) in [5, 5.41) is 3.88. The lowest BCUT2D eigenvalue weighted by atomic mass is 10.1. The molecule has 0 radical (unpaired) electrons. The lowest BCUT2D eigenvalue weighted by Crippen LogP contribution is -2.52. The van der Waals surface area contributed by atoms with Crippen molar-refractivity contribution in [3.05, 3.63) is 92.4 Å². The first kappa shape index (κ1) is 32.0. The fraction of sp³-hybridized carbons (Fsp3) is 0.286. The number of nitrogens with zero attached hydrogens (tertiary/aromatic N) is 2. The predicted octanol–water partition coefficient (Wildman–Crippen LogP) is 6.83. The number of rotatable bonds is 11. The monoisotopic (exact) mass is 643 g/mol. The fourth-order valence-electron chi connectivity index (χ4n) is 3.79. The van der Waals surface area contributed by atoms with E-state index in [4.69, 9.17) is 46.4 Å². The highest BCUT2D eigenvalue weighted by atomic mass is 35.5. The smallest absolute Gasteiger partial charge is 0.264 e. The molecular weight excluding hydrogens is 616 g/mol. The van der Waals surface area contributed by atoms with Gasteiger partial charge in [0.05, 0.1) is 15.6 Å². The molecule has 0 saturated heterocycles. The van der Waals surface area contributed by atoms with Crippen LogP contribution >= 0.6 is 46.4 Å². The van der Waals surface area contributed by atoms with E-state index in [1.54, 1.807) is 37.3 Å². The maximum Gasteiger partial charge on any atom is 0.264 e. The Bertz CT molecular complexity index is 1470. The zero-order chi connectivity index (χ0) is 29.6. The molecule has 12 heteroatoms. The van der Waals surface area contributed by atoms with Gasteiger partial charge < -0.3 is 10.2 Å². The number of hydrogen-bond donors (Lipinski definition) is 1. The maximum absolute atomic E-state index is 14.0. The summed E-state index contributed by atoms with van der Waals surface area (Å²) in [5.41, 5.74) is 0.549. The van der Waals surface area contributed by atoms with Gasteiger partial charge in [-0.2, -0.15) is 0 Å². The van der Waals surface area contributed by atoms with E-state index in [0.717, 1.165) is 4.31 Å². The molecule has 3 rings (SSSR count). The van der Waals surface area contributed by atoms with Crippen LogP contribution in [0.15, 0.2) is 71.6 Å². The Balaban J connectivity index is 2.08. The highest BCUT2D eigenvalue weighted by Gasteiger charge is 2.34. The van der Waals surface area contributed by atoms with Crippen LogP contribution in [0.1, 0.15) is 32.8 Å². The summed E-state index contributed by atoms with van der Waals surface area (Å²) in [6.07, 6.45) is 0.686. The number of anilines is 1. The molecule has 0 heterocycles. The number of amides is 2. The van der Waals surface area contributed by atoms with Crippen LogP contribution in [0.2, 0.25) is 20.1 Å². The van der Waals surface area contributed by atoms with E-state index in [2.05, 4.69) is 5.32 Å². The molecule has 3 aromatic carbocycles. The Hall–Kier alpha value is -2.49. The van der Waals surface area contributed by atoms with Crippen molar-refractivity contribution in [1.82, 2.24) is 10.2 Å². The number of carbonyl (C=O) groups is 2. The number of halogens is 4. The summed E-state index contributed by atoms with van der Waals surface area (Å²) in [5.74, 6) is -1.06. The Labute approximate surface area is 255 Å². The van der Waals surface area contributed by atoms with Gasteiger partial charge in [0.2, 0.25) is 11.8 Å². The van der Waals surface area contributed by atoms with Gasteiger partial charge in [0.1, 0.15) is 12.6 Å². The first-order chi connectivity index (χ1) is 18.8. The van der Waals surface area contributed by atoms with Crippen LogP contribution in [-0.4, -0.2) is 43.8 Å². The first-order valence-corrected chi connectivity index (χ1v) is 15.4. The van der Waals surface area contributed by atoms with Crippen LogP contribution in [0.3, 0.4) is 0 Å². The van der Waals surface area contributed by atoms with Gasteiger partial charge >= 0.3 is 0 Å². The quantitative estimate of drug-likeness (QED) is 0.248. The summed E-state index contributed by atoms with van der Waals surface area (Å²) in [4.78, 5) is 28.3. The summed E-state index contributed by atoms with van der Waals surface area (Å²) in [6.45, 7) is 4.60. The minimum absolute atomic E-state index is 0.0209. The molecule has 7 nitrogen and oxygen atoms in total. The summed E-state index contributed by atoms with van der Waals surface area (Å²) < 4.78 is 28.6. The zero-order valence-electron chi connectivity index (χ0n) is 22.1. The second-order valence-electron chi connectivity index (χ2n) is 9.17. The molecule has 1 N–H and O–H groups in total. The van der Waals surface area contributed by atoms with Crippen LogP contribution < -0.4 is 9.62 Å². The van der Waals surface area contributed by atoms with E-state index < -0.39 is 34.4 Å². The van der Waals surface area contributed by atoms with E-state index in [9.17, 15) is 18.0 Å². The zero-order valence-corrected chi connectivity index (χ0v) is 25.9. The molecule has 0 unspecified atom stereocenters.